The highest BCUT2D eigenvalue weighted by Gasteiger charge is 2.06. The van der Waals surface area contributed by atoms with Crippen molar-refractivity contribution >= 4 is 5.69 Å². The van der Waals surface area contributed by atoms with Gasteiger partial charge in [0, 0.05) is 12.2 Å². The van der Waals surface area contributed by atoms with Crippen LogP contribution >= 0.6 is 0 Å². The Bertz CT molecular complexity index is 324. The molecule has 1 aromatic rings. The molecule has 0 aliphatic carbocycles. The highest BCUT2D eigenvalue weighted by molar-refractivity contribution is 5.55. The third-order valence-corrected chi connectivity index (χ3v) is 2.29. The maximum absolute atomic E-state index is 8.86. The Morgan fingerprint density at radius 1 is 1.50 bits per heavy atom. The summed E-state index contributed by atoms with van der Waals surface area (Å²) >= 11 is 0. The largest absolute Gasteiger partial charge is 0.380 e. The van der Waals surface area contributed by atoms with Crippen molar-refractivity contribution in [2.75, 3.05) is 5.32 Å². The van der Waals surface area contributed by atoms with E-state index in [4.69, 9.17) is 5.26 Å². The van der Waals surface area contributed by atoms with Crippen molar-refractivity contribution in [3.05, 3.63) is 24.0 Å². The minimum atomic E-state index is 0.422. The van der Waals surface area contributed by atoms with Crippen molar-refractivity contribution < 1.29 is 0 Å². The molecule has 0 aromatic carbocycles. The fourth-order valence-corrected chi connectivity index (χ4v) is 1.32. The molecular weight excluding hydrogens is 174 g/mol. The predicted molar refractivity (Wildman–Crippen MR) is 56.9 cm³/mol. The topological polar surface area (TPSA) is 48.7 Å². The Morgan fingerprint density at radius 3 is 2.79 bits per heavy atom. The number of aromatic nitrogens is 1. The third-order valence-electron chi connectivity index (χ3n) is 2.29. The monoisotopic (exact) mass is 189 g/mol. The first-order valence-corrected chi connectivity index (χ1v) is 4.92. The van der Waals surface area contributed by atoms with Gasteiger partial charge in [0.25, 0.3) is 0 Å². The van der Waals surface area contributed by atoms with Crippen LogP contribution in [0.25, 0.3) is 0 Å². The normalized spacial score (nSPS) is 9.86. The highest BCUT2D eigenvalue weighted by Crippen LogP contribution is 2.15. The number of hydrogen-bond acceptors (Lipinski definition) is 3. The van der Waals surface area contributed by atoms with E-state index in [-0.39, 0.29) is 0 Å². The molecule has 0 saturated heterocycles. The maximum atomic E-state index is 8.86. The molecule has 3 heteroatoms. The molecule has 0 atom stereocenters. The summed E-state index contributed by atoms with van der Waals surface area (Å²) in [5.41, 5.74) is 1.50. The Balaban J connectivity index is 2.80. The van der Waals surface area contributed by atoms with Crippen LogP contribution in [-0.4, -0.2) is 11.0 Å². The third kappa shape index (κ3) is 2.46. The summed E-state index contributed by atoms with van der Waals surface area (Å²) < 4.78 is 0. The van der Waals surface area contributed by atoms with E-state index in [9.17, 15) is 0 Å². The molecule has 3 nitrogen and oxygen atoms in total. The van der Waals surface area contributed by atoms with Crippen LogP contribution in [0, 0.1) is 11.3 Å². The Kier molecular flexibility index (Phi) is 3.93. The molecule has 1 heterocycles. The van der Waals surface area contributed by atoms with Gasteiger partial charge in [-0.15, -0.1) is 0 Å². The van der Waals surface area contributed by atoms with Crippen molar-refractivity contribution in [2.45, 2.75) is 32.7 Å². The van der Waals surface area contributed by atoms with Crippen LogP contribution < -0.4 is 5.32 Å². The second-order valence-electron chi connectivity index (χ2n) is 3.19. The van der Waals surface area contributed by atoms with Gasteiger partial charge >= 0.3 is 0 Å². The summed E-state index contributed by atoms with van der Waals surface area (Å²) in [4.78, 5) is 4.00. The van der Waals surface area contributed by atoms with E-state index in [1.165, 1.54) is 0 Å². The molecule has 0 amide bonds. The number of hydrogen-bond donors (Lipinski definition) is 1. The van der Waals surface area contributed by atoms with E-state index < -0.39 is 0 Å². The van der Waals surface area contributed by atoms with Gasteiger partial charge in [-0.2, -0.15) is 5.26 Å². The second-order valence-corrected chi connectivity index (χ2v) is 3.19. The first-order valence-electron chi connectivity index (χ1n) is 4.92. The van der Waals surface area contributed by atoms with Gasteiger partial charge in [-0.3, -0.25) is 4.98 Å². The van der Waals surface area contributed by atoms with E-state index in [1.807, 2.05) is 0 Å². The molecule has 0 aliphatic heterocycles. The van der Waals surface area contributed by atoms with Gasteiger partial charge in [-0.1, -0.05) is 13.8 Å². The molecule has 1 rings (SSSR count). The standard InChI is InChI=1S/C11H15N3/c1-3-10(4-2)14-11-8-13-6-5-9(11)7-12/h5-6,8,10,14H,3-4H2,1-2H3. The minimum absolute atomic E-state index is 0.422. The number of anilines is 1. The van der Waals surface area contributed by atoms with Crippen molar-refractivity contribution in [3.8, 4) is 6.07 Å². The summed E-state index contributed by atoms with van der Waals surface area (Å²) in [6, 6.07) is 4.30. The Morgan fingerprint density at radius 2 is 2.21 bits per heavy atom. The number of nitrogens with zero attached hydrogens (tertiary/aromatic N) is 2. The average molecular weight is 189 g/mol. The number of rotatable bonds is 4. The minimum Gasteiger partial charge on any atom is -0.380 e. The van der Waals surface area contributed by atoms with Crippen LogP contribution in [0.2, 0.25) is 0 Å². The van der Waals surface area contributed by atoms with Crippen molar-refractivity contribution in [2.24, 2.45) is 0 Å². The molecule has 14 heavy (non-hydrogen) atoms. The molecular formula is C11H15N3. The first kappa shape index (κ1) is 10.5. The van der Waals surface area contributed by atoms with Crippen LogP contribution in [0.5, 0.6) is 0 Å². The van der Waals surface area contributed by atoms with E-state index in [0.717, 1.165) is 18.5 Å². The predicted octanol–water partition coefficient (Wildman–Crippen LogP) is 2.55. The lowest BCUT2D eigenvalue weighted by atomic mass is 10.1. The van der Waals surface area contributed by atoms with Gasteiger partial charge < -0.3 is 5.32 Å². The van der Waals surface area contributed by atoms with E-state index in [1.54, 1.807) is 18.5 Å². The Hall–Kier alpha value is -1.56. The van der Waals surface area contributed by atoms with Crippen LogP contribution in [0.3, 0.4) is 0 Å². The summed E-state index contributed by atoms with van der Waals surface area (Å²) in [5.74, 6) is 0. The van der Waals surface area contributed by atoms with Gasteiger partial charge in [0.05, 0.1) is 17.4 Å². The quantitative estimate of drug-likeness (QED) is 0.791. The number of pyridine rings is 1. The zero-order valence-corrected chi connectivity index (χ0v) is 8.62. The lowest BCUT2D eigenvalue weighted by molar-refractivity contribution is 0.671. The van der Waals surface area contributed by atoms with Crippen molar-refractivity contribution in [3.63, 3.8) is 0 Å². The van der Waals surface area contributed by atoms with Gasteiger partial charge in [-0.05, 0) is 18.9 Å². The summed E-state index contributed by atoms with van der Waals surface area (Å²) in [6.07, 6.45) is 5.44. The number of nitrogens with one attached hydrogen (secondary N) is 1. The molecule has 0 unspecified atom stereocenters. The highest BCUT2D eigenvalue weighted by atomic mass is 14.9. The SMILES string of the molecule is CCC(CC)Nc1cnccc1C#N. The lowest BCUT2D eigenvalue weighted by Gasteiger charge is -2.16. The fourth-order valence-electron chi connectivity index (χ4n) is 1.32. The molecule has 74 valence electrons. The van der Waals surface area contributed by atoms with Crippen molar-refractivity contribution in [1.29, 1.82) is 5.26 Å². The zero-order chi connectivity index (χ0) is 10.4. The fraction of sp³-hybridized carbons (Fsp3) is 0.455. The summed E-state index contributed by atoms with van der Waals surface area (Å²) in [5, 5.41) is 12.2. The van der Waals surface area contributed by atoms with E-state index in [2.05, 4.69) is 30.2 Å². The van der Waals surface area contributed by atoms with Crippen LogP contribution in [0.4, 0.5) is 5.69 Å². The average Bonchev–Trinajstić information content (AvgIpc) is 2.26. The molecule has 0 fully saturated rings. The summed E-state index contributed by atoms with van der Waals surface area (Å²) in [7, 11) is 0. The zero-order valence-electron chi connectivity index (χ0n) is 8.62. The molecule has 0 bridgehead atoms. The smallest absolute Gasteiger partial charge is 0.101 e. The van der Waals surface area contributed by atoms with Gasteiger partial charge in [0.1, 0.15) is 6.07 Å². The summed E-state index contributed by atoms with van der Waals surface area (Å²) in [6.45, 7) is 4.26. The van der Waals surface area contributed by atoms with E-state index >= 15 is 0 Å². The number of nitriles is 1. The first-order chi connectivity index (χ1) is 6.81. The molecule has 0 aliphatic rings. The van der Waals surface area contributed by atoms with E-state index in [0.29, 0.717) is 11.6 Å². The van der Waals surface area contributed by atoms with Crippen molar-refractivity contribution in [1.82, 2.24) is 4.98 Å². The lowest BCUT2D eigenvalue weighted by Crippen LogP contribution is -2.17. The maximum Gasteiger partial charge on any atom is 0.101 e. The molecule has 1 N–H and O–H groups in total. The molecule has 0 radical (unpaired) electrons. The molecule has 1 aromatic heterocycles. The van der Waals surface area contributed by atoms with Crippen LogP contribution in [-0.2, 0) is 0 Å². The van der Waals surface area contributed by atoms with Gasteiger partial charge in [0.15, 0.2) is 0 Å². The van der Waals surface area contributed by atoms with Gasteiger partial charge in [-0.25, -0.2) is 0 Å². The van der Waals surface area contributed by atoms with Crippen LogP contribution in [0.1, 0.15) is 32.3 Å². The van der Waals surface area contributed by atoms with Gasteiger partial charge in [0.2, 0.25) is 0 Å². The molecule has 0 saturated carbocycles. The Labute approximate surface area is 84.8 Å². The molecule has 0 spiro atoms. The second kappa shape index (κ2) is 5.23. The van der Waals surface area contributed by atoms with Crippen LogP contribution in [0.15, 0.2) is 18.5 Å².